The fraction of sp³-hybridized carbons (Fsp3) is 0.0667. The van der Waals surface area contributed by atoms with Gasteiger partial charge in [0.05, 0.1) is 5.52 Å². The topological polar surface area (TPSA) is 103 Å². The van der Waals surface area contributed by atoms with Crippen LogP contribution in [0.3, 0.4) is 0 Å². The maximum Gasteiger partial charge on any atom is 0.248 e. The number of carbonyl (C=O) groups is 2. The number of nitrogens with zero attached hydrogens (tertiary/aromatic N) is 3. The number of amides is 2. The Morgan fingerprint density at radius 2 is 1.82 bits per heavy atom. The van der Waals surface area contributed by atoms with Crippen molar-refractivity contribution >= 4 is 28.5 Å². The lowest BCUT2D eigenvalue weighted by molar-refractivity contribution is -0.116. The minimum Gasteiger partial charge on any atom is -0.366 e. The first-order valence-corrected chi connectivity index (χ1v) is 6.61. The fourth-order valence-electron chi connectivity index (χ4n) is 2.09. The van der Waals surface area contributed by atoms with Gasteiger partial charge < -0.3 is 11.1 Å². The number of primary amides is 1. The van der Waals surface area contributed by atoms with Crippen LogP contribution >= 0.6 is 0 Å². The van der Waals surface area contributed by atoms with Gasteiger partial charge in [0.15, 0.2) is 0 Å². The standard InChI is InChI=1S/C15H13N5O2/c16-15(22)10-5-7-11(8-6-10)17-14(21)9-20-13-4-2-1-3-12(13)18-19-20/h1-8H,9H2,(H2,16,22)(H,17,21). The largest absolute Gasteiger partial charge is 0.366 e. The van der Waals surface area contributed by atoms with E-state index in [1.165, 1.54) is 4.68 Å². The number of nitrogens with two attached hydrogens (primary N) is 1. The van der Waals surface area contributed by atoms with Gasteiger partial charge in [0.25, 0.3) is 0 Å². The number of nitrogens with one attached hydrogen (secondary N) is 1. The predicted molar refractivity (Wildman–Crippen MR) is 81.1 cm³/mol. The lowest BCUT2D eigenvalue weighted by Crippen LogP contribution is -2.19. The molecule has 1 aromatic heterocycles. The van der Waals surface area contributed by atoms with Crippen molar-refractivity contribution < 1.29 is 9.59 Å². The van der Waals surface area contributed by atoms with Crippen LogP contribution in [0.4, 0.5) is 5.69 Å². The molecule has 0 fully saturated rings. The zero-order valence-electron chi connectivity index (χ0n) is 11.6. The van der Waals surface area contributed by atoms with Crippen LogP contribution < -0.4 is 11.1 Å². The van der Waals surface area contributed by atoms with E-state index in [4.69, 9.17) is 5.73 Å². The molecule has 0 saturated carbocycles. The van der Waals surface area contributed by atoms with Crippen LogP contribution in [0.1, 0.15) is 10.4 Å². The Hall–Kier alpha value is -3.22. The van der Waals surface area contributed by atoms with E-state index in [1.807, 2.05) is 24.3 Å². The Morgan fingerprint density at radius 1 is 1.09 bits per heavy atom. The Morgan fingerprint density at radius 3 is 2.55 bits per heavy atom. The van der Waals surface area contributed by atoms with Gasteiger partial charge in [0.1, 0.15) is 12.1 Å². The molecule has 0 bridgehead atoms. The Bertz CT molecular complexity index is 839. The molecule has 110 valence electrons. The summed E-state index contributed by atoms with van der Waals surface area (Å²) >= 11 is 0. The molecule has 2 amide bonds. The summed E-state index contributed by atoms with van der Waals surface area (Å²) in [6, 6.07) is 13.8. The summed E-state index contributed by atoms with van der Waals surface area (Å²) in [4.78, 5) is 23.0. The lowest BCUT2D eigenvalue weighted by Gasteiger charge is -2.06. The van der Waals surface area contributed by atoms with E-state index in [2.05, 4.69) is 15.6 Å². The van der Waals surface area contributed by atoms with Crippen LogP contribution in [-0.2, 0) is 11.3 Å². The summed E-state index contributed by atoms with van der Waals surface area (Å²) in [5.74, 6) is -0.741. The maximum atomic E-state index is 12.1. The van der Waals surface area contributed by atoms with E-state index in [0.717, 1.165) is 11.0 Å². The highest BCUT2D eigenvalue weighted by Crippen LogP contribution is 2.11. The van der Waals surface area contributed by atoms with E-state index >= 15 is 0 Å². The first-order valence-electron chi connectivity index (χ1n) is 6.61. The molecule has 3 rings (SSSR count). The molecule has 7 heteroatoms. The minimum atomic E-state index is -0.507. The van der Waals surface area contributed by atoms with Crippen LogP contribution in [0.15, 0.2) is 48.5 Å². The van der Waals surface area contributed by atoms with Gasteiger partial charge >= 0.3 is 0 Å². The summed E-state index contributed by atoms with van der Waals surface area (Å²) in [6.45, 7) is 0.0537. The van der Waals surface area contributed by atoms with Crippen molar-refractivity contribution in [1.29, 1.82) is 0 Å². The Labute approximate surface area is 125 Å². The summed E-state index contributed by atoms with van der Waals surface area (Å²) < 4.78 is 1.53. The van der Waals surface area contributed by atoms with E-state index in [-0.39, 0.29) is 12.5 Å². The van der Waals surface area contributed by atoms with Crippen LogP contribution in [0, 0.1) is 0 Å². The van der Waals surface area contributed by atoms with Crippen molar-refractivity contribution in [2.24, 2.45) is 5.73 Å². The molecule has 22 heavy (non-hydrogen) atoms. The molecular formula is C15H13N5O2. The summed E-state index contributed by atoms with van der Waals surface area (Å²) in [7, 11) is 0. The lowest BCUT2D eigenvalue weighted by atomic mass is 10.2. The second-order valence-corrected chi connectivity index (χ2v) is 4.73. The Kier molecular flexibility index (Phi) is 3.53. The molecule has 7 nitrogen and oxygen atoms in total. The fourth-order valence-corrected chi connectivity index (χ4v) is 2.09. The van der Waals surface area contributed by atoms with Gasteiger partial charge in [-0.05, 0) is 36.4 Å². The number of aromatic nitrogens is 3. The number of para-hydroxylation sites is 1. The third-order valence-corrected chi connectivity index (χ3v) is 3.17. The summed E-state index contributed by atoms with van der Waals surface area (Å²) in [5.41, 5.74) is 7.67. The first-order chi connectivity index (χ1) is 10.6. The monoisotopic (exact) mass is 295 g/mol. The van der Waals surface area contributed by atoms with Crippen molar-refractivity contribution in [2.45, 2.75) is 6.54 Å². The van der Waals surface area contributed by atoms with Crippen molar-refractivity contribution in [1.82, 2.24) is 15.0 Å². The van der Waals surface area contributed by atoms with Crippen LogP contribution in [0.5, 0.6) is 0 Å². The van der Waals surface area contributed by atoms with Crippen molar-refractivity contribution in [3.63, 3.8) is 0 Å². The molecule has 0 spiro atoms. The molecule has 0 aliphatic carbocycles. The molecule has 0 unspecified atom stereocenters. The van der Waals surface area contributed by atoms with Gasteiger partial charge in [-0.15, -0.1) is 5.10 Å². The highest BCUT2D eigenvalue weighted by molar-refractivity contribution is 5.95. The number of hydrogen-bond acceptors (Lipinski definition) is 4. The summed E-state index contributed by atoms with van der Waals surface area (Å²) in [5, 5.41) is 10.7. The number of fused-ring (bicyclic) bond motifs is 1. The number of carbonyl (C=O) groups excluding carboxylic acids is 2. The second-order valence-electron chi connectivity index (χ2n) is 4.73. The normalized spacial score (nSPS) is 10.5. The first kappa shape index (κ1) is 13.7. The zero-order valence-corrected chi connectivity index (χ0v) is 11.6. The van der Waals surface area contributed by atoms with Gasteiger partial charge in [-0.25, -0.2) is 4.68 Å². The highest BCUT2D eigenvalue weighted by atomic mass is 16.2. The van der Waals surface area contributed by atoms with Crippen LogP contribution in [-0.4, -0.2) is 26.8 Å². The van der Waals surface area contributed by atoms with E-state index in [1.54, 1.807) is 24.3 Å². The quantitative estimate of drug-likeness (QED) is 0.754. The SMILES string of the molecule is NC(=O)c1ccc(NC(=O)Cn2nnc3ccccc32)cc1. The van der Waals surface area contributed by atoms with Crippen molar-refractivity contribution in [3.8, 4) is 0 Å². The van der Waals surface area contributed by atoms with Crippen molar-refractivity contribution in [2.75, 3.05) is 5.32 Å². The number of anilines is 1. The molecule has 1 heterocycles. The zero-order chi connectivity index (χ0) is 15.5. The van der Waals surface area contributed by atoms with E-state index in [9.17, 15) is 9.59 Å². The third-order valence-electron chi connectivity index (χ3n) is 3.17. The average Bonchev–Trinajstić information content (AvgIpc) is 2.91. The van der Waals surface area contributed by atoms with Gasteiger partial charge in [-0.1, -0.05) is 17.3 Å². The van der Waals surface area contributed by atoms with Crippen LogP contribution in [0.2, 0.25) is 0 Å². The molecule has 0 aliphatic heterocycles. The molecule has 0 aliphatic rings. The highest BCUT2D eigenvalue weighted by Gasteiger charge is 2.09. The van der Waals surface area contributed by atoms with Crippen molar-refractivity contribution in [3.05, 3.63) is 54.1 Å². The maximum absolute atomic E-state index is 12.1. The van der Waals surface area contributed by atoms with E-state index in [0.29, 0.717) is 11.3 Å². The molecule has 0 atom stereocenters. The van der Waals surface area contributed by atoms with Gasteiger partial charge in [0, 0.05) is 11.3 Å². The average molecular weight is 295 g/mol. The van der Waals surface area contributed by atoms with Gasteiger partial charge in [-0.3, -0.25) is 9.59 Å². The molecule has 3 N–H and O–H groups in total. The third kappa shape index (κ3) is 2.78. The molecule has 2 aromatic carbocycles. The smallest absolute Gasteiger partial charge is 0.248 e. The van der Waals surface area contributed by atoms with Gasteiger partial charge in [0.2, 0.25) is 11.8 Å². The molecule has 3 aromatic rings. The second kappa shape index (κ2) is 5.65. The van der Waals surface area contributed by atoms with Crippen LogP contribution in [0.25, 0.3) is 11.0 Å². The summed E-state index contributed by atoms with van der Waals surface area (Å²) in [6.07, 6.45) is 0. The molecule has 0 radical (unpaired) electrons. The number of benzene rings is 2. The Balaban J connectivity index is 1.71. The molecular weight excluding hydrogens is 282 g/mol. The number of hydrogen-bond donors (Lipinski definition) is 2. The molecule has 0 saturated heterocycles. The van der Waals surface area contributed by atoms with E-state index < -0.39 is 5.91 Å². The predicted octanol–water partition coefficient (Wildman–Crippen LogP) is 1.17. The number of rotatable bonds is 4. The van der Waals surface area contributed by atoms with Gasteiger partial charge in [-0.2, -0.15) is 0 Å². The minimum absolute atomic E-state index is 0.0537.